The molecule has 0 heterocycles. The summed E-state index contributed by atoms with van der Waals surface area (Å²) in [6.07, 6.45) is 0.246. The zero-order valence-corrected chi connectivity index (χ0v) is 27.5. The van der Waals surface area contributed by atoms with Crippen molar-refractivity contribution in [3.63, 3.8) is 0 Å². The number of nitrogens with one attached hydrogen (secondary N) is 1. The van der Waals surface area contributed by atoms with Crippen LogP contribution in [0.25, 0.3) is 0 Å². The van der Waals surface area contributed by atoms with Gasteiger partial charge < -0.3 is 19.7 Å². The van der Waals surface area contributed by atoms with Crippen LogP contribution in [0, 0.1) is 11.7 Å². The van der Waals surface area contributed by atoms with E-state index in [-0.39, 0.29) is 46.1 Å². The minimum atomic E-state index is -4.42. The van der Waals surface area contributed by atoms with Crippen LogP contribution >= 0.6 is 23.2 Å². The summed E-state index contributed by atoms with van der Waals surface area (Å²) in [6, 6.07) is 12.6. The van der Waals surface area contributed by atoms with Crippen LogP contribution in [-0.2, 0) is 26.2 Å². The second-order valence-corrected chi connectivity index (χ2v) is 13.0. The molecule has 0 fully saturated rings. The molecular weight excluding hydrogens is 632 g/mol. The van der Waals surface area contributed by atoms with E-state index in [1.165, 1.54) is 49.5 Å². The topological polar surface area (TPSA) is 105 Å². The number of anilines is 1. The number of carbonyl (C=O) groups is 2. The quantitative estimate of drug-likeness (QED) is 0.229. The Bertz CT molecular complexity index is 1570. The van der Waals surface area contributed by atoms with Crippen molar-refractivity contribution in [3.05, 3.63) is 82.1 Å². The monoisotopic (exact) mass is 667 g/mol. The lowest BCUT2D eigenvalue weighted by Crippen LogP contribution is -2.52. The molecule has 9 nitrogen and oxygen atoms in total. The highest BCUT2D eigenvalue weighted by molar-refractivity contribution is 7.92. The summed E-state index contributed by atoms with van der Waals surface area (Å²) in [5.74, 6) is -1.01. The van der Waals surface area contributed by atoms with Crippen LogP contribution < -0.4 is 19.1 Å². The van der Waals surface area contributed by atoms with Gasteiger partial charge in [-0.3, -0.25) is 13.9 Å². The minimum absolute atomic E-state index is 0.0429. The largest absolute Gasteiger partial charge is 0.493 e. The van der Waals surface area contributed by atoms with Crippen molar-refractivity contribution in [2.45, 2.75) is 44.7 Å². The van der Waals surface area contributed by atoms with E-state index in [0.29, 0.717) is 22.9 Å². The lowest BCUT2D eigenvalue weighted by atomic mass is 10.1. The zero-order chi connectivity index (χ0) is 32.6. The van der Waals surface area contributed by atoms with Gasteiger partial charge in [0.25, 0.3) is 10.0 Å². The summed E-state index contributed by atoms with van der Waals surface area (Å²) in [7, 11) is -1.64. The minimum Gasteiger partial charge on any atom is -0.493 e. The molecule has 0 aliphatic rings. The molecule has 44 heavy (non-hydrogen) atoms. The zero-order valence-electron chi connectivity index (χ0n) is 25.1. The second kappa shape index (κ2) is 15.5. The van der Waals surface area contributed by atoms with Gasteiger partial charge in [-0.15, -0.1) is 0 Å². The Hall–Kier alpha value is -3.54. The molecule has 3 aromatic rings. The van der Waals surface area contributed by atoms with Crippen molar-refractivity contribution < 1.29 is 31.9 Å². The van der Waals surface area contributed by atoms with E-state index >= 15 is 0 Å². The van der Waals surface area contributed by atoms with E-state index in [1.54, 1.807) is 25.1 Å². The summed E-state index contributed by atoms with van der Waals surface area (Å²) in [5, 5.41) is 3.45. The average molecular weight is 669 g/mol. The van der Waals surface area contributed by atoms with Gasteiger partial charge in [0.1, 0.15) is 18.4 Å². The highest BCUT2D eigenvalue weighted by Gasteiger charge is 2.34. The molecule has 13 heteroatoms. The highest BCUT2D eigenvalue weighted by Crippen LogP contribution is 2.33. The van der Waals surface area contributed by atoms with Crippen LogP contribution in [0.4, 0.5) is 10.1 Å². The van der Waals surface area contributed by atoms with Gasteiger partial charge in [0.05, 0.1) is 34.8 Å². The van der Waals surface area contributed by atoms with Gasteiger partial charge >= 0.3 is 0 Å². The summed E-state index contributed by atoms with van der Waals surface area (Å²) < 4.78 is 53.5. The molecule has 0 unspecified atom stereocenters. The van der Waals surface area contributed by atoms with Crippen LogP contribution in [0.2, 0.25) is 10.0 Å². The summed E-state index contributed by atoms with van der Waals surface area (Å²) in [5.41, 5.74) is 0.625. The number of methoxy groups -OCH3 is 2. The predicted molar refractivity (Wildman–Crippen MR) is 169 cm³/mol. The lowest BCUT2D eigenvalue weighted by Gasteiger charge is -2.33. The molecule has 0 aromatic heterocycles. The molecule has 0 aliphatic heterocycles. The number of nitrogens with zero attached hydrogens (tertiary/aromatic N) is 2. The van der Waals surface area contributed by atoms with Crippen LogP contribution in [0.3, 0.4) is 0 Å². The molecule has 3 aromatic carbocycles. The van der Waals surface area contributed by atoms with E-state index in [1.807, 2.05) is 13.8 Å². The summed E-state index contributed by atoms with van der Waals surface area (Å²) >= 11 is 12.3. The van der Waals surface area contributed by atoms with Crippen molar-refractivity contribution in [1.29, 1.82) is 0 Å². The first-order valence-corrected chi connectivity index (χ1v) is 16.0. The molecule has 3 rings (SSSR count). The third kappa shape index (κ3) is 8.55. The number of amides is 2. The fourth-order valence-electron chi connectivity index (χ4n) is 4.42. The van der Waals surface area contributed by atoms with E-state index in [4.69, 9.17) is 32.7 Å². The number of ether oxygens (including phenoxy) is 2. The first-order valence-electron chi connectivity index (χ1n) is 13.8. The van der Waals surface area contributed by atoms with Gasteiger partial charge in [0, 0.05) is 19.2 Å². The molecule has 238 valence electrons. The van der Waals surface area contributed by atoms with E-state index < -0.39 is 34.3 Å². The van der Waals surface area contributed by atoms with Gasteiger partial charge in [0.2, 0.25) is 11.8 Å². The number of halogens is 3. The van der Waals surface area contributed by atoms with Gasteiger partial charge in [-0.1, -0.05) is 50.0 Å². The SMILES string of the molecule is CC[C@@H](C(=O)NCC(C)C)N(Cc1ccc(Cl)c(Cl)c1)C(=O)CN(c1ccc(F)cc1)S(=O)(=O)c1ccc(OC)c(OC)c1. The van der Waals surface area contributed by atoms with E-state index in [0.717, 1.165) is 16.4 Å². The standard InChI is InChI=1S/C31H36Cl2FN3O6S/c1-6-27(31(39)35-17-20(2)3)36(18-21-7-13-25(32)26(33)15-21)30(38)19-37(23-10-8-22(34)9-11-23)44(40,41)24-12-14-28(42-4)29(16-24)43-5/h7-16,20,27H,6,17-19H2,1-5H3,(H,35,39)/t27-/m0/s1. The van der Waals surface area contributed by atoms with Gasteiger partial charge in [-0.05, 0) is 66.4 Å². The molecular formula is C31H36Cl2FN3O6S. The molecule has 0 saturated carbocycles. The van der Waals surface area contributed by atoms with Crippen molar-refractivity contribution in [2.75, 3.05) is 31.6 Å². The van der Waals surface area contributed by atoms with E-state index in [9.17, 15) is 22.4 Å². The molecule has 2 amide bonds. The Kier molecular flexibility index (Phi) is 12.3. The number of hydrogen-bond acceptors (Lipinski definition) is 6. The molecule has 1 atom stereocenters. The Labute approximate surface area is 267 Å². The normalized spacial score (nSPS) is 12.0. The Morgan fingerprint density at radius 2 is 1.59 bits per heavy atom. The third-order valence-electron chi connectivity index (χ3n) is 6.74. The molecule has 1 N–H and O–H groups in total. The number of carbonyl (C=O) groups excluding carboxylic acids is 2. The fraction of sp³-hybridized carbons (Fsp3) is 0.355. The third-order valence-corrected chi connectivity index (χ3v) is 9.25. The molecule has 0 saturated heterocycles. The average Bonchev–Trinajstić information content (AvgIpc) is 3.00. The first-order chi connectivity index (χ1) is 20.8. The van der Waals surface area contributed by atoms with Crippen molar-refractivity contribution in [2.24, 2.45) is 5.92 Å². The Balaban J connectivity index is 2.10. The Morgan fingerprint density at radius 3 is 2.16 bits per heavy atom. The molecule has 0 aliphatic carbocycles. The van der Waals surface area contributed by atoms with Crippen LogP contribution in [-0.4, -0.2) is 58.5 Å². The van der Waals surface area contributed by atoms with Crippen LogP contribution in [0.15, 0.2) is 65.6 Å². The predicted octanol–water partition coefficient (Wildman–Crippen LogP) is 5.92. The molecule has 0 radical (unpaired) electrons. The maximum absolute atomic E-state index is 14.2. The fourth-order valence-corrected chi connectivity index (χ4v) is 6.17. The summed E-state index contributed by atoms with van der Waals surface area (Å²) in [6.45, 7) is 5.28. The smallest absolute Gasteiger partial charge is 0.264 e. The maximum atomic E-state index is 14.2. The van der Waals surface area contributed by atoms with Crippen LogP contribution in [0.1, 0.15) is 32.8 Å². The molecule has 0 spiro atoms. The number of hydrogen-bond donors (Lipinski definition) is 1. The number of sulfonamides is 1. The van der Waals surface area contributed by atoms with Crippen molar-refractivity contribution in [1.82, 2.24) is 10.2 Å². The number of rotatable bonds is 14. The second-order valence-electron chi connectivity index (χ2n) is 10.3. The maximum Gasteiger partial charge on any atom is 0.264 e. The van der Waals surface area contributed by atoms with Gasteiger partial charge in [0.15, 0.2) is 11.5 Å². The van der Waals surface area contributed by atoms with Crippen LogP contribution in [0.5, 0.6) is 11.5 Å². The number of benzene rings is 3. The van der Waals surface area contributed by atoms with Gasteiger partial charge in [-0.25, -0.2) is 12.8 Å². The van der Waals surface area contributed by atoms with E-state index in [2.05, 4.69) is 5.32 Å². The first kappa shape index (κ1) is 34.9. The van der Waals surface area contributed by atoms with Gasteiger partial charge in [-0.2, -0.15) is 0 Å². The Morgan fingerprint density at radius 1 is 0.932 bits per heavy atom. The lowest BCUT2D eigenvalue weighted by molar-refractivity contribution is -0.140. The van der Waals surface area contributed by atoms with Crippen molar-refractivity contribution in [3.8, 4) is 11.5 Å². The molecule has 0 bridgehead atoms. The summed E-state index contributed by atoms with van der Waals surface area (Å²) in [4.78, 5) is 28.6. The van der Waals surface area contributed by atoms with Crippen molar-refractivity contribution >= 4 is 50.7 Å². The highest BCUT2D eigenvalue weighted by atomic mass is 35.5.